The Labute approximate surface area is 147 Å². The molecule has 0 fully saturated rings. The summed E-state index contributed by atoms with van der Waals surface area (Å²) in [4.78, 5) is 16.0. The summed E-state index contributed by atoms with van der Waals surface area (Å²) in [7, 11) is -3.62. The van der Waals surface area contributed by atoms with Crippen LogP contribution in [0.25, 0.3) is 0 Å². The fourth-order valence-corrected chi connectivity index (χ4v) is 3.18. The number of rotatable bonds is 7. The molecule has 2 aromatic rings. The molecule has 0 radical (unpaired) electrons. The molecule has 0 aliphatic heterocycles. The Hall–Kier alpha value is -2.92. The van der Waals surface area contributed by atoms with Crippen molar-refractivity contribution < 1.29 is 13.2 Å². The summed E-state index contributed by atoms with van der Waals surface area (Å²) in [6.45, 7) is 0.275. The van der Waals surface area contributed by atoms with Crippen LogP contribution in [0.5, 0.6) is 0 Å². The SMILES string of the molecule is CS(=O)(=O)N(CCC(=O)NCc1cccnc1)c1ccccc1C#N. The minimum absolute atomic E-state index is 0.0207. The molecule has 0 spiro atoms. The van der Waals surface area contributed by atoms with E-state index in [9.17, 15) is 13.2 Å². The average Bonchev–Trinajstić information content (AvgIpc) is 2.60. The number of carbonyl (C=O) groups is 1. The van der Waals surface area contributed by atoms with Crippen LogP contribution in [0.2, 0.25) is 0 Å². The Kier molecular flexibility index (Phi) is 6.08. The number of hydrogen-bond acceptors (Lipinski definition) is 5. The van der Waals surface area contributed by atoms with Gasteiger partial charge in [0.15, 0.2) is 0 Å². The predicted molar refractivity (Wildman–Crippen MR) is 94.0 cm³/mol. The van der Waals surface area contributed by atoms with Crippen LogP contribution in [0.4, 0.5) is 5.69 Å². The maximum Gasteiger partial charge on any atom is 0.232 e. The molecule has 1 aromatic carbocycles. The van der Waals surface area contributed by atoms with Gasteiger partial charge in [-0.1, -0.05) is 18.2 Å². The van der Waals surface area contributed by atoms with Crippen molar-refractivity contribution in [2.75, 3.05) is 17.1 Å². The van der Waals surface area contributed by atoms with E-state index in [-0.39, 0.29) is 30.1 Å². The third kappa shape index (κ3) is 5.29. The number of nitrogens with zero attached hydrogens (tertiary/aromatic N) is 3. The zero-order valence-corrected chi connectivity index (χ0v) is 14.5. The minimum atomic E-state index is -3.62. The summed E-state index contributed by atoms with van der Waals surface area (Å²) >= 11 is 0. The van der Waals surface area contributed by atoms with Gasteiger partial charge in [-0.25, -0.2) is 8.42 Å². The number of anilines is 1. The Morgan fingerprint density at radius 2 is 2.04 bits per heavy atom. The molecule has 0 saturated carbocycles. The number of sulfonamides is 1. The molecule has 1 aromatic heterocycles. The first-order valence-electron chi connectivity index (χ1n) is 7.54. The number of nitriles is 1. The Morgan fingerprint density at radius 3 is 2.68 bits per heavy atom. The van der Waals surface area contributed by atoms with Gasteiger partial charge in [0, 0.05) is 31.9 Å². The van der Waals surface area contributed by atoms with Gasteiger partial charge in [-0.05, 0) is 23.8 Å². The first-order chi connectivity index (χ1) is 11.9. The van der Waals surface area contributed by atoms with Crippen LogP contribution in [-0.4, -0.2) is 32.1 Å². The summed E-state index contributed by atoms with van der Waals surface area (Å²) in [6, 6.07) is 12.0. The zero-order valence-electron chi connectivity index (χ0n) is 13.7. The van der Waals surface area contributed by atoms with Gasteiger partial charge in [-0.2, -0.15) is 5.26 Å². The molecule has 1 N–H and O–H groups in total. The first kappa shape index (κ1) is 18.4. The second-order valence-corrected chi connectivity index (χ2v) is 7.26. The number of carbonyl (C=O) groups excluding carboxylic acids is 1. The number of amides is 1. The number of para-hydroxylation sites is 1. The topological polar surface area (TPSA) is 103 Å². The van der Waals surface area contributed by atoms with E-state index in [4.69, 9.17) is 5.26 Å². The maximum absolute atomic E-state index is 12.1. The third-order valence-corrected chi connectivity index (χ3v) is 4.63. The summed E-state index contributed by atoms with van der Waals surface area (Å²) in [5.41, 5.74) is 1.36. The summed E-state index contributed by atoms with van der Waals surface area (Å²) < 4.78 is 25.2. The van der Waals surface area contributed by atoms with E-state index in [0.717, 1.165) is 16.1 Å². The van der Waals surface area contributed by atoms with Crippen LogP contribution in [-0.2, 0) is 21.4 Å². The molecule has 0 aliphatic carbocycles. The lowest BCUT2D eigenvalue weighted by Crippen LogP contribution is -2.35. The Balaban J connectivity index is 2.04. The van der Waals surface area contributed by atoms with Crippen LogP contribution >= 0.6 is 0 Å². The van der Waals surface area contributed by atoms with Crippen LogP contribution in [0, 0.1) is 11.3 Å². The quantitative estimate of drug-likeness (QED) is 0.806. The zero-order chi connectivity index (χ0) is 18.3. The van der Waals surface area contributed by atoms with Gasteiger partial charge in [0.25, 0.3) is 0 Å². The normalized spacial score (nSPS) is 10.7. The maximum atomic E-state index is 12.1. The van der Waals surface area contributed by atoms with Crippen molar-refractivity contribution in [2.24, 2.45) is 0 Å². The molecular formula is C17H18N4O3S. The van der Waals surface area contributed by atoms with Gasteiger partial charge in [0.1, 0.15) is 6.07 Å². The smallest absolute Gasteiger partial charge is 0.232 e. The lowest BCUT2D eigenvalue weighted by molar-refractivity contribution is -0.121. The molecule has 1 heterocycles. The largest absolute Gasteiger partial charge is 0.352 e. The molecule has 2 rings (SSSR count). The van der Waals surface area contributed by atoms with Gasteiger partial charge in [0.05, 0.1) is 17.5 Å². The summed E-state index contributed by atoms with van der Waals surface area (Å²) in [6.07, 6.45) is 4.32. The lowest BCUT2D eigenvalue weighted by atomic mass is 10.2. The van der Waals surface area contributed by atoms with E-state index in [2.05, 4.69) is 10.3 Å². The summed E-state index contributed by atoms with van der Waals surface area (Å²) in [5.74, 6) is -0.285. The molecule has 25 heavy (non-hydrogen) atoms. The van der Waals surface area contributed by atoms with E-state index < -0.39 is 10.0 Å². The standard InChI is InChI=1S/C17H18N4O3S/c1-25(23,24)21(16-7-3-2-6-15(16)11-18)10-8-17(22)20-13-14-5-4-9-19-12-14/h2-7,9,12H,8,10,13H2,1H3,(H,20,22). The Bertz CT molecular complexity index is 876. The molecule has 130 valence electrons. The van der Waals surface area contributed by atoms with E-state index in [0.29, 0.717) is 6.54 Å². The van der Waals surface area contributed by atoms with Crippen molar-refractivity contribution in [3.8, 4) is 6.07 Å². The van der Waals surface area contributed by atoms with Crippen molar-refractivity contribution in [3.63, 3.8) is 0 Å². The van der Waals surface area contributed by atoms with Gasteiger partial charge >= 0.3 is 0 Å². The second-order valence-electron chi connectivity index (χ2n) is 5.35. The van der Waals surface area contributed by atoms with Crippen LogP contribution < -0.4 is 9.62 Å². The average molecular weight is 358 g/mol. The molecule has 7 nitrogen and oxygen atoms in total. The molecule has 0 bridgehead atoms. The molecule has 0 saturated heterocycles. The molecule has 0 aliphatic rings. The van der Waals surface area contributed by atoms with Gasteiger partial charge in [0.2, 0.25) is 15.9 Å². The van der Waals surface area contributed by atoms with E-state index in [1.807, 2.05) is 12.1 Å². The second kappa shape index (κ2) is 8.26. The highest BCUT2D eigenvalue weighted by Crippen LogP contribution is 2.22. The highest BCUT2D eigenvalue weighted by atomic mass is 32.2. The van der Waals surface area contributed by atoms with Crippen molar-refractivity contribution in [3.05, 3.63) is 59.9 Å². The van der Waals surface area contributed by atoms with Crippen molar-refractivity contribution >= 4 is 21.6 Å². The fraction of sp³-hybridized carbons (Fsp3) is 0.235. The lowest BCUT2D eigenvalue weighted by Gasteiger charge is -2.23. The van der Waals surface area contributed by atoms with Gasteiger partial charge in [-0.3, -0.25) is 14.1 Å². The number of pyridine rings is 1. The van der Waals surface area contributed by atoms with Gasteiger partial charge < -0.3 is 5.32 Å². The highest BCUT2D eigenvalue weighted by molar-refractivity contribution is 7.92. The molecule has 8 heteroatoms. The first-order valence-corrected chi connectivity index (χ1v) is 9.39. The fourth-order valence-electron chi connectivity index (χ4n) is 2.25. The van der Waals surface area contributed by atoms with Crippen molar-refractivity contribution in [1.29, 1.82) is 5.26 Å². The Morgan fingerprint density at radius 1 is 1.28 bits per heavy atom. The number of hydrogen-bond donors (Lipinski definition) is 1. The van der Waals surface area contributed by atoms with Crippen molar-refractivity contribution in [1.82, 2.24) is 10.3 Å². The third-order valence-electron chi connectivity index (χ3n) is 3.45. The molecule has 0 unspecified atom stereocenters. The van der Waals surface area contributed by atoms with Crippen LogP contribution in [0.3, 0.4) is 0 Å². The minimum Gasteiger partial charge on any atom is -0.352 e. The van der Waals surface area contributed by atoms with Gasteiger partial charge in [-0.15, -0.1) is 0 Å². The predicted octanol–water partition coefficient (Wildman–Crippen LogP) is 1.43. The number of nitrogens with one attached hydrogen (secondary N) is 1. The highest BCUT2D eigenvalue weighted by Gasteiger charge is 2.21. The van der Waals surface area contributed by atoms with E-state index in [1.165, 1.54) is 6.07 Å². The van der Waals surface area contributed by atoms with Crippen LogP contribution in [0.15, 0.2) is 48.8 Å². The summed E-state index contributed by atoms with van der Waals surface area (Å²) in [5, 5.41) is 11.9. The number of aromatic nitrogens is 1. The monoisotopic (exact) mass is 358 g/mol. The molecule has 0 atom stereocenters. The van der Waals surface area contributed by atoms with E-state index in [1.54, 1.807) is 36.7 Å². The molecular weight excluding hydrogens is 340 g/mol. The van der Waals surface area contributed by atoms with Crippen LogP contribution in [0.1, 0.15) is 17.5 Å². The van der Waals surface area contributed by atoms with E-state index >= 15 is 0 Å². The molecule has 1 amide bonds. The number of benzene rings is 1. The van der Waals surface area contributed by atoms with Crippen molar-refractivity contribution in [2.45, 2.75) is 13.0 Å².